The van der Waals surface area contributed by atoms with Gasteiger partial charge in [-0.15, -0.1) is 0 Å². The van der Waals surface area contributed by atoms with Crippen molar-refractivity contribution < 1.29 is 13.9 Å². The first-order valence-corrected chi connectivity index (χ1v) is 7.35. The summed E-state index contributed by atoms with van der Waals surface area (Å²) in [6.45, 7) is 3.72. The number of hydrogen-bond acceptors (Lipinski definition) is 3. The van der Waals surface area contributed by atoms with Crippen LogP contribution < -0.4 is 0 Å². The van der Waals surface area contributed by atoms with Gasteiger partial charge in [0.25, 0.3) is 0 Å². The molecule has 1 aromatic heterocycles. The zero-order valence-corrected chi connectivity index (χ0v) is 11.9. The summed E-state index contributed by atoms with van der Waals surface area (Å²) in [5.74, 6) is 2.08. The molecule has 2 atom stereocenters. The molecule has 1 fully saturated rings. The molecule has 1 aliphatic carbocycles. The molecule has 3 rings (SSSR count). The van der Waals surface area contributed by atoms with E-state index in [-0.39, 0.29) is 17.9 Å². The van der Waals surface area contributed by atoms with Crippen LogP contribution in [0.4, 0.5) is 0 Å². The van der Waals surface area contributed by atoms with Gasteiger partial charge >= 0.3 is 0 Å². The highest BCUT2D eigenvalue weighted by Crippen LogP contribution is 2.30. The summed E-state index contributed by atoms with van der Waals surface area (Å²) in [5, 5.41) is 0. The number of allylic oxidation sites excluding steroid dienone is 2. The van der Waals surface area contributed by atoms with Crippen LogP contribution in [0.1, 0.15) is 36.8 Å². The number of amides is 1. The summed E-state index contributed by atoms with van der Waals surface area (Å²) in [6, 6.07) is 3.82. The second-order valence-electron chi connectivity index (χ2n) is 5.55. The van der Waals surface area contributed by atoms with Gasteiger partial charge in [-0.05, 0) is 38.3 Å². The number of furan rings is 1. The molecule has 108 valence electrons. The maximum atomic E-state index is 12.7. The Balaban J connectivity index is 1.78. The Bertz CT molecular complexity index is 506. The number of rotatable bonds is 2. The van der Waals surface area contributed by atoms with Gasteiger partial charge in [0.05, 0.1) is 13.2 Å². The molecular formula is C16H21NO3. The molecule has 0 N–H and O–H groups in total. The van der Waals surface area contributed by atoms with Gasteiger partial charge in [0.1, 0.15) is 17.6 Å². The van der Waals surface area contributed by atoms with Crippen molar-refractivity contribution in [3.8, 4) is 0 Å². The molecule has 1 aliphatic heterocycles. The summed E-state index contributed by atoms with van der Waals surface area (Å²) in [5.41, 5.74) is 0. The Morgan fingerprint density at radius 2 is 2.25 bits per heavy atom. The predicted molar refractivity (Wildman–Crippen MR) is 75.2 cm³/mol. The van der Waals surface area contributed by atoms with Crippen molar-refractivity contribution >= 4 is 5.91 Å². The summed E-state index contributed by atoms with van der Waals surface area (Å²) in [6.07, 6.45) is 7.11. The van der Waals surface area contributed by atoms with Crippen molar-refractivity contribution in [3.63, 3.8) is 0 Å². The van der Waals surface area contributed by atoms with Gasteiger partial charge in [0.2, 0.25) is 5.91 Å². The maximum absolute atomic E-state index is 12.7. The van der Waals surface area contributed by atoms with Crippen molar-refractivity contribution in [2.45, 2.75) is 32.2 Å². The monoisotopic (exact) mass is 275 g/mol. The van der Waals surface area contributed by atoms with Gasteiger partial charge < -0.3 is 14.1 Å². The third-order valence-corrected chi connectivity index (χ3v) is 4.12. The molecule has 0 aromatic carbocycles. The van der Waals surface area contributed by atoms with Crippen LogP contribution in [-0.4, -0.2) is 30.6 Å². The lowest BCUT2D eigenvalue weighted by Gasteiger charge is -2.37. The minimum Gasteiger partial charge on any atom is -0.464 e. The number of aryl methyl sites for hydroxylation is 1. The summed E-state index contributed by atoms with van der Waals surface area (Å²) >= 11 is 0. The molecule has 2 aliphatic rings. The second-order valence-corrected chi connectivity index (χ2v) is 5.55. The molecular weight excluding hydrogens is 254 g/mol. The fraction of sp³-hybridized carbons (Fsp3) is 0.562. The minimum absolute atomic E-state index is 0.0733. The number of carbonyl (C=O) groups excluding carboxylic acids is 1. The van der Waals surface area contributed by atoms with Crippen molar-refractivity contribution in [1.29, 1.82) is 0 Å². The third kappa shape index (κ3) is 2.66. The van der Waals surface area contributed by atoms with E-state index in [1.54, 1.807) is 0 Å². The van der Waals surface area contributed by atoms with Crippen molar-refractivity contribution in [3.05, 3.63) is 35.8 Å². The number of morpholine rings is 1. The van der Waals surface area contributed by atoms with E-state index in [2.05, 4.69) is 12.2 Å². The van der Waals surface area contributed by atoms with E-state index in [1.807, 2.05) is 24.0 Å². The molecule has 0 bridgehead atoms. The van der Waals surface area contributed by atoms with Crippen LogP contribution >= 0.6 is 0 Å². The number of ether oxygens (including phenoxy) is 1. The fourth-order valence-corrected chi connectivity index (χ4v) is 2.99. The number of hydrogen-bond donors (Lipinski definition) is 0. The van der Waals surface area contributed by atoms with Crippen LogP contribution in [0, 0.1) is 12.8 Å². The van der Waals surface area contributed by atoms with Crippen LogP contribution in [-0.2, 0) is 9.53 Å². The largest absolute Gasteiger partial charge is 0.464 e. The highest BCUT2D eigenvalue weighted by molar-refractivity contribution is 5.79. The SMILES string of the molecule is Cc1ccc(C2COCCN2C(=O)C2CC=CCC2)o1. The quantitative estimate of drug-likeness (QED) is 0.779. The van der Waals surface area contributed by atoms with Crippen molar-refractivity contribution in [1.82, 2.24) is 4.90 Å². The Kier molecular flexibility index (Phi) is 3.92. The average molecular weight is 275 g/mol. The normalized spacial score (nSPS) is 26.8. The van der Waals surface area contributed by atoms with Crippen LogP contribution in [0.25, 0.3) is 0 Å². The molecule has 4 heteroatoms. The summed E-state index contributed by atoms with van der Waals surface area (Å²) < 4.78 is 11.2. The second kappa shape index (κ2) is 5.83. The standard InChI is InChI=1S/C16H21NO3/c1-12-7-8-15(20-12)14-11-19-10-9-17(14)16(18)13-5-3-2-4-6-13/h2-3,7-8,13-14H,4-6,9-11H2,1H3. The highest BCUT2D eigenvalue weighted by Gasteiger charge is 2.34. The average Bonchev–Trinajstić information content (AvgIpc) is 2.94. The van der Waals surface area contributed by atoms with E-state index in [9.17, 15) is 4.79 Å². The highest BCUT2D eigenvalue weighted by atomic mass is 16.5. The van der Waals surface area contributed by atoms with E-state index in [1.165, 1.54) is 0 Å². The maximum Gasteiger partial charge on any atom is 0.226 e. The Morgan fingerprint density at radius 1 is 1.35 bits per heavy atom. The van der Waals surface area contributed by atoms with Crippen LogP contribution in [0.3, 0.4) is 0 Å². The lowest BCUT2D eigenvalue weighted by molar-refractivity contribution is -0.145. The molecule has 0 radical (unpaired) electrons. The van der Waals surface area contributed by atoms with E-state index >= 15 is 0 Å². The van der Waals surface area contributed by atoms with Gasteiger partial charge in [0.15, 0.2) is 0 Å². The fourth-order valence-electron chi connectivity index (χ4n) is 2.99. The van der Waals surface area contributed by atoms with Crippen molar-refractivity contribution in [2.24, 2.45) is 5.92 Å². The van der Waals surface area contributed by atoms with E-state index < -0.39 is 0 Å². The first-order chi connectivity index (χ1) is 9.75. The number of nitrogens with zero attached hydrogens (tertiary/aromatic N) is 1. The minimum atomic E-state index is -0.0733. The van der Waals surface area contributed by atoms with Gasteiger partial charge in [0, 0.05) is 12.5 Å². The molecule has 1 saturated heterocycles. The molecule has 20 heavy (non-hydrogen) atoms. The molecule has 0 saturated carbocycles. The Morgan fingerprint density at radius 3 is 2.95 bits per heavy atom. The van der Waals surface area contributed by atoms with Gasteiger partial charge in [-0.25, -0.2) is 0 Å². The molecule has 2 heterocycles. The predicted octanol–water partition coefficient (Wildman–Crippen LogP) is 2.84. The number of carbonyl (C=O) groups is 1. The molecule has 1 amide bonds. The molecule has 0 spiro atoms. The van der Waals surface area contributed by atoms with Crippen LogP contribution in [0.15, 0.2) is 28.7 Å². The first kappa shape index (κ1) is 13.4. The lowest BCUT2D eigenvalue weighted by atomic mass is 9.92. The van der Waals surface area contributed by atoms with Gasteiger partial charge in [-0.1, -0.05) is 12.2 Å². The summed E-state index contributed by atoms with van der Waals surface area (Å²) in [7, 11) is 0. The first-order valence-electron chi connectivity index (χ1n) is 7.35. The van der Waals surface area contributed by atoms with E-state index in [0.29, 0.717) is 19.8 Å². The molecule has 1 aromatic rings. The zero-order chi connectivity index (χ0) is 13.9. The lowest BCUT2D eigenvalue weighted by Crippen LogP contribution is -2.46. The van der Waals surface area contributed by atoms with Gasteiger partial charge in [-0.2, -0.15) is 0 Å². The Hall–Kier alpha value is -1.55. The van der Waals surface area contributed by atoms with Gasteiger partial charge in [-0.3, -0.25) is 4.79 Å². The van der Waals surface area contributed by atoms with Crippen molar-refractivity contribution in [2.75, 3.05) is 19.8 Å². The molecule has 2 unspecified atom stereocenters. The third-order valence-electron chi connectivity index (χ3n) is 4.12. The van der Waals surface area contributed by atoms with Crippen LogP contribution in [0.2, 0.25) is 0 Å². The smallest absolute Gasteiger partial charge is 0.226 e. The zero-order valence-electron chi connectivity index (χ0n) is 11.9. The van der Waals surface area contributed by atoms with E-state index in [0.717, 1.165) is 30.8 Å². The molecule has 4 nitrogen and oxygen atoms in total. The topological polar surface area (TPSA) is 42.7 Å². The Labute approximate surface area is 119 Å². The van der Waals surface area contributed by atoms with Crippen LogP contribution in [0.5, 0.6) is 0 Å². The summed E-state index contributed by atoms with van der Waals surface area (Å²) in [4.78, 5) is 14.7. The van der Waals surface area contributed by atoms with E-state index in [4.69, 9.17) is 9.15 Å².